The minimum atomic E-state index is -0.815. The predicted octanol–water partition coefficient (Wildman–Crippen LogP) is 4.13. The Morgan fingerprint density at radius 2 is 1.79 bits per heavy atom. The van der Waals surface area contributed by atoms with Crippen molar-refractivity contribution in [3.05, 3.63) is 94.3 Å². The molecule has 1 aromatic heterocycles. The molecule has 2 aliphatic rings. The molecular weight excluding hydrogens is 444 g/mol. The molecule has 3 aromatic rings. The van der Waals surface area contributed by atoms with Crippen LogP contribution < -0.4 is 9.47 Å². The summed E-state index contributed by atoms with van der Waals surface area (Å²) in [7, 11) is 0. The van der Waals surface area contributed by atoms with Crippen molar-refractivity contribution >= 4 is 29.1 Å². The highest BCUT2D eigenvalue weighted by Gasteiger charge is 2.46. The number of carbonyl (C=O) groups excluding carboxylic acids is 2. The van der Waals surface area contributed by atoms with Crippen molar-refractivity contribution in [2.24, 2.45) is 0 Å². The summed E-state index contributed by atoms with van der Waals surface area (Å²) in [5, 5.41) is 11.7. The number of nitrogens with zero attached hydrogens (tertiary/aromatic N) is 2. The van der Waals surface area contributed by atoms with E-state index in [4.69, 9.17) is 21.1 Å². The average molecular weight is 463 g/mol. The number of pyridine rings is 1. The number of hydrogen-bond acceptors (Lipinski definition) is 6. The second kappa shape index (κ2) is 8.60. The van der Waals surface area contributed by atoms with E-state index in [2.05, 4.69) is 4.98 Å². The second-order valence-corrected chi connectivity index (χ2v) is 8.13. The highest BCUT2D eigenvalue weighted by atomic mass is 35.5. The van der Waals surface area contributed by atoms with Crippen LogP contribution in [0.4, 0.5) is 0 Å². The molecule has 7 nitrogen and oxygen atoms in total. The molecule has 1 N–H and O–H groups in total. The molecule has 2 aliphatic heterocycles. The lowest BCUT2D eigenvalue weighted by atomic mass is 9.95. The van der Waals surface area contributed by atoms with Gasteiger partial charge in [0.25, 0.3) is 11.7 Å². The molecule has 5 rings (SSSR count). The molecule has 166 valence electrons. The van der Waals surface area contributed by atoms with Gasteiger partial charge in [-0.1, -0.05) is 23.7 Å². The standard InChI is InChI=1S/C25H19ClN2O5/c26-18-3-1-2-16(12-18)22-21(23(29)17-4-5-19-20(13-17)33-11-10-32-19)24(30)25(31)28(22)14-15-6-8-27-9-7-15/h1-9,12-13,22,29H,10-11,14H2/b23-21+. The summed E-state index contributed by atoms with van der Waals surface area (Å²) in [4.78, 5) is 31.7. The van der Waals surface area contributed by atoms with Crippen LogP contribution in [0.15, 0.2) is 72.6 Å². The Morgan fingerprint density at radius 1 is 1.03 bits per heavy atom. The largest absolute Gasteiger partial charge is 0.507 e. The van der Waals surface area contributed by atoms with Crippen LogP contribution >= 0.6 is 11.6 Å². The normalized spacial score (nSPS) is 19.1. The lowest BCUT2D eigenvalue weighted by Gasteiger charge is -2.25. The van der Waals surface area contributed by atoms with Gasteiger partial charge in [-0.2, -0.15) is 0 Å². The Labute approximate surface area is 194 Å². The van der Waals surface area contributed by atoms with Crippen molar-refractivity contribution < 1.29 is 24.2 Å². The Bertz CT molecular complexity index is 1270. The fourth-order valence-corrected chi connectivity index (χ4v) is 4.30. The van der Waals surface area contributed by atoms with Crippen molar-refractivity contribution in [3.8, 4) is 11.5 Å². The highest BCUT2D eigenvalue weighted by molar-refractivity contribution is 6.46. The fraction of sp³-hybridized carbons (Fsp3) is 0.160. The van der Waals surface area contributed by atoms with Gasteiger partial charge in [0.1, 0.15) is 19.0 Å². The van der Waals surface area contributed by atoms with Crippen LogP contribution in [0.2, 0.25) is 5.02 Å². The first-order chi connectivity index (χ1) is 16.0. The zero-order valence-electron chi connectivity index (χ0n) is 17.4. The number of Topliss-reactive ketones (excluding diaryl/α,β-unsaturated/α-hetero) is 1. The number of likely N-dealkylation sites (tertiary alicyclic amines) is 1. The molecule has 1 atom stereocenters. The molecule has 33 heavy (non-hydrogen) atoms. The first-order valence-corrected chi connectivity index (χ1v) is 10.7. The maximum Gasteiger partial charge on any atom is 0.295 e. The first-order valence-electron chi connectivity index (χ1n) is 10.4. The van der Waals surface area contributed by atoms with E-state index in [9.17, 15) is 14.7 Å². The van der Waals surface area contributed by atoms with Crippen LogP contribution in [0, 0.1) is 0 Å². The lowest BCUT2D eigenvalue weighted by Crippen LogP contribution is -2.29. The smallest absolute Gasteiger partial charge is 0.295 e. The number of aliphatic hydroxyl groups excluding tert-OH is 1. The summed E-state index contributed by atoms with van der Waals surface area (Å²) in [6, 6.07) is 14.6. The van der Waals surface area contributed by atoms with Gasteiger partial charge in [0.05, 0.1) is 11.6 Å². The number of ketones is 1. The van der Waals surface area contributed by atoms with Crippen LogP contribution in [0.3, 0.4) is 0 Å². The Balaban J connectivity index is 1.64. The van der Waals surface area contributed by atoms with Gasteiger partial charge in [0.2, 0.25) is 0 Å². The number of aliphatic hydroxyl groups is 1. The van der Waals surface area contributed by atoms with E-state index < -0.39 is 17.7 Å². The maximum absolute atomic E-state index is 13.2. The zero-order valence-corrected chi connectivity index (χ0v) is 18.2. The maximum atomic E-state index is 13.2. The number of halogens is 1. The molecule has 0 spiro atoms. The van der Waals surface area contributed by atoms with Crippen molar-refractivity contribution in [1.82, 2.24) is 9.88 Å². The van der Waals surface area contributed by atoms with Crippen LogP contribution in [-0.2, 0) is 16.1 Å². The van der Waals surface area contributed by atoms with Gasteiger partial charge in [0, 0.05) is 29.5 Å². The molecular formula is C25H19ClN2O5. The van der Waals surface area contributed by atoms with E-state index in [1.807, 2.05) is 0 Å². The number of amides is 1. The summed E-state index contributed by atoms with van der Waals surface area (Å²) in [6.07, 6.45) is 3.24. The van der Waals surface area contributed by atoms with Gasteiger partial charge >= 0.3 is 0 Å². The van der Waals surface area contributed by atoms with Crippen molar-refractivity contribution in [1.29, 1.82) is 0 Å². The minimum absolute atomic E-state index is 0.00648. The molecule has 1 saturated heterocycles. The average Bonchev–Trinajstić information content (AvgIpc) is 3.09. The van der Waals surface area contributed by atoms with Gasteiger partial charge in [0.15, 0.2) is 11.5 Å². The number of hydrogen-bond donors (Lipinski definition) is 1. The number of ether oxygens (including phenoxy) is 2. The number of rotatable bonds is 4. The number of carbonyl (C=O) groups is 2. The number of aromatic nitrogens is 1. The van der Waals surface area contributed by atoms with Crippen LogP contribution in [0.25, 0.3) is 5.76 Å². The SMILES string of the molecule is O=C1C(=O)N(Cc2ccncc2)C(c2cccc(Cl)c2)/C1=C(\O)c1ccc2c(c1)OCCO2. The molecule has 0 saturated carbocycles. The van der Waals surface area contributed by atoms with Crippen molar-refractivity contribution in [2.75, 3.05) is 13.2 Å². The fourth-order valence-electron chi connectivity index (χ4n) is 4.10. The van der Waals surface area contributed by atoms with Crippen LogP contribution in [0.1, 0.15) is 22.7 Å². The number of fused-ring (bicyclic) bond motifs is 1. The molecule has 8 heteroatoms. The molecule has 1 amide bonds. The molecule has 0 aliphatic carbocycles. The third kappa shape index (κ3) is 3.91. The molecule has 1 fully saturated rings. The molecule has 1 unspecified atom stereocenters. The molecule has 0 bridgehead atoms. The van der Waals surface area contributed by atoms with Gasteiger partial charge < -0.3 is 19.5 Å². The summed E-state index contributed by atoms with van der Waals surface area (Å²) in [5.41, 5.74) is 1.77. The van der Waals surface area contributed by atoms with Crippen molar-refractivity contribution in [3.63, 3.8) is 0 Å². The van der Waals surface area contributed by atoms with E-state index in [-0.39, 0.29) is 17.9 Å². The Morgan fingerprint density at radius 3 is 2.55 bits per heavy atom. The summed E-state index contributed by atoms with van der Waals surface area (Å²) in [5.74, 6) is -0.720. The molecule has 2 aromatic carbocycles. The van der Waals surface area contributed by atoms with E-state index in [1.54, 1.807) is 67.0 Å². The zero-order chi connectivity index (χ0) is 22.9. The monoisotopic (exact) mass is 462 g/mol. The number of benzene rings is 2. The molecule has 3 heterocycles. The van der Waals surface area contributed by atoms with E-state index in [1.165, 1.54) is 4.90 Å². The minimum Gasteiger partial charge on any atom is -0.507 e. The van der Waals surface area contributed by atoms with Crippen molar-refractivity contribution in [2.45, 2.75) is 12.6 Å². The second-order valence-electron chi connectivity index (χ2n) is 7.70. The van der Waals surface area contributed by atoms with Gasteiger partial charge in [-0.05, 0) is 53.6 Å². The van der Waals surface area contributed by atoms with E-state index in [0.29, 0.717) is 40.9 Å². The highest BCUT2D eigenvalue weighted by Crippen LogP contribution is 2.42. The third-order valence-corrected chi connectivity index (χ3v) is 5.86. The topological polar surface area (TPSA) is 89.0 Å². The lowest BCUT2D eigenvalue weighted by molar-refractivity contribution is -0.140. The molecule has 0 radical (unpaired) electrons. The third-order valence-electron chi connectivity index (χ3n) is 5.62. The van der Waals surface area contributed by atoms with Gasteiger partial charge in [-0.15, -0.1) is 0 Å². The van der Waals surface area contributed by atoms with Gasteiger partial charge in [-0.25, -0.2) is 0 Å². The summed E-state index contributed by atoms with van der Waals surface area (Å²) in [6.45, 7) is 0.992. The summed E-state index contributed by atoms with van der Waals surface area (Å²) >= 11 is 6.22. The van der Waals surface area contributed by atoms with Crippen LogP contribution in [0.5, 0.6) is 11.5 Å². The predicted molar refractivity (Wildman–Crippen MR) is 121 cm³/mol. The first kappa shape index (κ1) is 21.0. The quantitative estimate of drug-likeness (QED) is 0.356. The Hall–Kier alpha value is -3.84. The van der Waals surface area contributed by atoms with E-state index in [0.717, 1.165) is 5.56 Å². The van der Waals surface area contributed by atoms with E-state index >= 15 is 0 Å². The van der Waals surface area contributed by atoms with Crippen LogP contribution in [-0.4, -0.2) is 39.9 Å². The van der Waals surface area contributed by atoms with Gasteiger partial charge in [-0.3, -0.25) is 14.6 Å². The summed E-state index contributed by atoms with van der Waals surface area (Å²) < 4.78 is 11.1. The Kier molecular flexibility index (Phi) is 5.48.